The minimum absolute atomic E-state index is 0.164. The first-order chi connectivity index (χ1) is 12.7. The van der Waals surface area contributed by atoms with Crippen LogP contribution in [-0.2, 0) is 11.3 Å². The quantitative estimate of drug-likeness (QED) is 0.665. The molecule has 2 amide bonds. The Balaban J connectivity index is 1.46. The Labute approximate surface area is 150 Å². The second-order valence-electron chi connectivity index (χ2n) is 5.53. The second kappa shape index (κ2) is 8.11. The van der Waals surface area contributed by atoms with Gasteiger partial charge in [-0.25, -0.2) is 0 Å². The highest BCUT2D eigenvalue weighted by Crippen LogP contribution is 2.16. The van der Waals surface area contributed by atoms with Crippen LogP contribution in [0, 0.1) is 0 Å². The molecule has 0 fully saturated rings. The Morgan fingerprint density at radius 1 is 1.08 bits per heavy atom. The number of hydrogen-bond acceptors (Lipinski definition) is 5. The van der Waals surface area contributed by atoms with E-state index in [9.17, 15) is 9.59 Å². The van der Waals surface area contributed by atoms with Crippen molar-refractivity contribution >= 4 is 17.5 Å². The highest BCUT2D eigenvalue weighted by Gasteiger charge is 2.12. The normalized spacial score (nSPS) is 10.5. The fourth-order valence-corrected chi connectivity index (χ4v) is 2.49. The van der Waals surface area contributed by atoms with Crippen LogP contribution in [0.5, 0.6) is 5.75 Å². The summed E-state index contributed by atoms with van der Waals surface area (Å²) in [4.78, 5) is 24.1. The molecule has 2 aromatic heterocycles. The number of amides is 2. The molecular formula is C18H19N5O3. The molecule has 0 saturated heterocycles. The van der Waals surface area contributed by atoms with Crippen LogP contribution in [0.1, 0.15) is 22.6 Å². The lowest BCUT2D eigenvalue weighted by atomic mass is 10.2. The summed E-state index contributed by atoms with van der Waals surface area (Å²) in [6.07, 6.45) is 2.00. The lowest BCUT2D eigenvalue weighted by Gasteiger charge is -2.09. The third kappa shape index (κ3) is 3.97. The zero-order chi connectivity index (χ0) is 18.4. The van der Waals surface area contributed by atoms with Crippen molar-refractivity contribution in [1.29, 1.82) is 0 Å². The maximum absolute atomic E-state index is 12.2. The first-order valence-electron chi connectivity index (χ1n) is 8.15. The molecule has 8 heteroatoms. The van der Waals surface area contributed by atoms with E-state index in [4.69, 9.17) is 4.74 Å². The van der Waals surface area contributed by atoms with Gasteiger partial charge in [0.2, 0.25) is 5.91 Å². The molecule has 0 aliphatic carbocycles. The van der Waals surface area contributed by atoms with Crippen molar-refractivity contribution in [2.24, 2.45) is 0 Å². The highest BCUT2D eigenvalue weighted by molar-refractivity contribution is 5.97. The van der Waals surface area contributed by atoms with Gasteiger partial charge in [0.15, 0.2) is 11.5 Å². The molecule has 0 spiro atoms. The molecular weight excluding hydrogens is 334 g/mol. The van der Waals surface area contributed by atoms with E-state index in [1.54, 1.807) is 24.3 Å². The SMILES string of the molecule is COc1ccccc1C(=O)NCCC(=O)NCc1nnc2ccccn12. The van der Waals surface area contributed by atoms with Gasteiger partial charge in [-0.3, -0.25) is 14.0 Å². The standard InChI is InChI=1S/C18H19N5O3/c1-26-14-7-3-2-6-13(14)18(25)19-10-9-17(24)20-12-16-22-21-15-8-4-5-11-23(15)16/h2-8,11H,9-10,12H2,1H3,(H,19,25)(H,20,24). The van der Waals surface area contributed by atoms with Crippen LogP contribution in [0.4, 0.5) is 0 Å². The van der Waals surface area contributed by atoms with Gasteiger partial charge >= 0.3 is 0 Å². The van der Waals surface area contributed by atoms with Crippen LogP contribution in [-0.4, -0.2) is 40.1 Å². The summed E-state index contributed by atoms with van der Waals surface area (Å²) < 4.78 is 6.96. The summed E-state index contributed by atoms with van der Waals surface area (Å²) in [5.41, 5.74) is 1.16. The summed E-state index contributed by atoms with van der Waals surface area (Å²) in [5.74, 6) is 0.678. The first kappa shape index (κ1) is 17.4. The maximum atomic E-state index is 12.2. The third-order valence-corrected chi connectivity index (χ3v) is 3.82. The van der Waals surface area contributed by atoms with E-state index in [0.717, 1.165) is 5.65 Å². The average Bonchev–Trinajstić information content (AvgIpc) is 3.09. The number of nitrogens with zero attached hydrogens (tertiary/aromatic N) is 3. The van der Waals surface area contributed by atoms with Gasteiger partial charge in [-0.2, -0.15) is 0 Å². The van der Waals surface area contributed by atoms with E-state index < -0.39 is 0 Å². The fourth-order valence-electron chi connectivity index (χ4n) is 2.49. The predicted molar refractivity (Wildman–Crippen MR) is 94.8 cm³/mol. The lowest BCUT2D eigenvalue weighted by molar-refractivity contribution is -0.121. The van der Waals surface area contributed by atoms with Gasteiger partial charge in [-0.15, -0.1) is 10.2 Å². The number of para-hydroxylation sites is 1. The maximum Gasteiger partial charge on any atom is 0.255 e. The summed E-state index contributed by atoms with van der Waals surface area (Å²) in [7, 11) is 1.51. The van der Waals surface area contributed by atoms with Crippen LogP contribution < -0.4 is 15.4 Å². The van der Waals surface area contributed by atoms with Gasteiger partial charge in [-0.05, 0) is 24.3 Å². The van der Waals surface area contributed by atoms with Crippen molar-refractivity contribution in [2.45, 2.75) is 13.0 Å². The molecule has 134 valence electrons. The number of methoxy groups -OCH3 is 1. The van der Waals surface area contributed by atoms with Gasteiger partial charge in [0, 0.05) is 19.2 Å². The highest BCUT2D eigenvalue weighted by atomic mass is 16.5. The molecule has 0 aliphatic rings. The minimum Gasteiger partial charge on any atom is -0.496 e. The Kier molecular flexibility index (Phi) is 5.43. The molecule has 3 aromatic rings. The number of ether oxygens (including phenoxy) is 1. The predicted octanol–water partition coefficient (Wildman–Crippen LogP) is 1.17. The van der Waals surface area contributed by atoms with Crippen molar-refractivity contribution in [3.63, 3.8) is 0 Å². The zero-order valence-corrected chi connectivity index (χ0v) is 14.3. The number of fused-ring (bicyclic) bond motifs is 1. The largest absolute Gasteiger partial charge is 0.496 e. The third-order valence-electron chi connectivity index (χ3n) is 3.82. The van der Waals surface area contributed by atoms with Gasteiger partial charge in [0.25, 0.3) is 5.91 Å². The molecule has 3 rings (SSSR count). The molecule has 0 unspecified atom stereocenters. The smallest absolute Gasteiger partial charge is 0.255 e. The van der Waals surface area contributed by atoms with E-state index in [0.29, 0.717) is 17.1 Å². The molecule has 8 nitrogen and oxygen atoms in total. The monoisotopic (exact) mass is 353 g/mol. The molecule has 0 saturated carbocycles. The van der Waals surface area contributed by atoms with Crippen molar-refractivity contribution < 1.29 is 14.3 Å². The van der Waals surface area contributed by atoms with Crippen LogP contribution in [0.15, 0.2) is 48.7 Å². The number of benzene rings is 1. The van der Waals surface area contributed by atoms with E-state index in [2.05, 4.69) is 20.8 Å². The number of carbonyl (C=O) groups excluding carboxylic acids is 2. The summed E-state index contributed by atoms with van der Waals surface area (Å²) in [6.45, 7) is 0.494. The van der Waals surface area contributed by atoms with Gasteiger partial charge in [-0.1, -0.05) is 18.2 Å². The van der Waals surface area contributed by atoms with Crippen LogP contribution in [0.3, 0.4) is 0 Å². The van der Waals surface area contributed by atoms with E-state index in [1.807, 2.05) is 28.8 Å². The number of aromatic nitrogens is 3. The Bertz CT molecular complexity index is 922. The molecule has 26 heavy (non-hydrogen) atoms. The zero-order valence-electron chi connectivity index (χ0n) is 14.3. The molecule has 0 aliphatic heterocycles. The molecule has 0 bridgehead atoms. The number of rotatable bonds is 7. The van der Waals surface area contributed by atoms with Gasteiger partial charge in [0.05, 0.1) is 19.2 Å². The van der Waals surface area contributed by atoms with Crippen molar-refractivity contribution in [2.75, 3.05) is 13.7 Å². The van der Waals surface area contributed by atoms with Crippen LogP contribution >= 0.6 is 0 Å². The topological polar surface area (TPSA) is 97.6 Å². The molecule has 0 atom stereocenters. The lowest BCUT2D eigenvalue weighted by Crippen LogP contribution is -2.31. The number of hydrogen-bond donors (Lipinski definition) is 2. The summed E-state index contributed by atoms with van der Waals surface area (Å²) in [5, 5.41) is 13.6. The summed E-state index contributed by atoms with van der Waals surface area (Å²) in [6, 6.07) is 12.5. The number of carbonyl (C=O) groups is 2. The van der Waals surface area contributed by atoms with Gasteiger partial charge < -0.3 is 15.4 Å². The van der Waals surface area contributed by atoms with Crippen molar-refractivity contribution in [3.8, 4) is 5.75 Å². The van der Waals surface area contributed by atoms with Crippen molar-refractivity contribution in [3.05, 3.63) is 60.0 Å². The summed E-state index contributed by atoms with van der Waals surface area (Å²) >= 11 is 0. The fraction of sp³-hybridized carbons (Fsp3) is 0.222. The van der Waals surface area contributed by atoms with Crippen LogP contribution in [0.25, 0.3) is 5.65 Å². The van der Waals surface area contributed by atoms with E-state index >= 15 is 0 Å². The molecule has 1 aromatic carbocycles. The van der Waals surface area contributed by atoms with Gasteiger partial charge in [0.1, 0.15) is 5.75 Å². The van der Waals surface area contributed by atoms with Crippen molar-refractivity contribution in [1.82, 2.24) is 25.2 Å². The molecule has 2 N–H and O–H groups in total. The van der Waals surface area contributed by atoms with E-state index in [-0.39, 0.29) is 31.3 Å². The van der Waals surface area contributed by atoms with Crippen LogP contribution in [0.2, 0.25) is 0 Å². The Morgan fingerprint density at radius 2 is 1.88 bits per heavy atom. The Morgan fingerprint density at radius 3 is 2.73 bits per heavy atom. The first-order valence-corrected chi connectivity index (χ1v) is 8.15. The number of nitrogens with one attached hydrogen (secondary N) is 2. The minimum atomic E-state index is -0.279. The van der Waals surface area contributed by atoms with E-state index in [1.165, 1.54) is 7.11 Å². The number of pyridine rings is 1. The Hall–Kier alpha value is -3.42. The molecule has 2 heterocycles. The molecule has 0 radical (unpaired) electrons. The second-order valence-corrected chi connectivity index (χ2v) is 5.53. The average molecular weight is 353 g/mol.